The lowest BCUT2D eigenvalue weighted by molar-refractivity contribution is 0.319. The van der Waals surface area contributed by atoms with E-state index in [2.05, 4.69) is 36.6 Å². The molecule has 0 amide bonds. The normalized spacial score (nSPS) is 15.5. The van der Waals surface area contributed by atoms with Crippen LogP contribution < -0.4 is 0 Å². The Morgan fingerprint density at radius 1 is 0.889 bits per heavy atom. The Morgan fingerprint density at radius 2 is 1.53 bits per heavy atom. The van der Waals surface area contributed by atoms with Gasteiger partial charge in [0, 0.05) is 36.2 Å². The van der Waals surface area contributed by atoms with Gasteiger partial charge < -0.3 is 4.57 Å². The van der Waals surface area contributed by atoms with Gasteiger partial charge in [0.1, 0.15) is 5.82 Å². The van der Waals surface area contributed by atoms with Crippen molar-refractivity contribution in [2.45, 2.75) is 56.9 Å². The predicted octanol–water partition coefficient (Wildman–Crippen LogP) is 6.66. The molecule has 1 saturated heterocycles. The summed E-state index contributed by atoms with van der Waals surface area (Å²) in [5.74, 6) is 0.0647. The average molecular weight is 505 g/mol. The minimum atomic E-state index is -3.49. The highest BCUT2D eigenvalue weighted by Gasteiger charge is 2.32. The van der Waals surface area contributed by atoms with E-state index in [-0.39, 0.29) is 5.82 Å². The molecule has 188 valence electrons. The van der Waals surface area contributed by atoms with Gasteiger partial charge in [-0.15, -0.1) is 0 Å². The fraction of sp³-hybridized carbons (Fsp3) is 0.333. The Hall–Kier alpha value is -2.96. The molecule has 0 spiro atoms. The predicted molar refractivity (Wildman–Crippen MR) is 143 cm³/mol. The summed E-state index contributed by atoms with van der Waals surface area (Å²) in [6.07, 6.45) is 3.58. The molecule has 0 unspecified atom stereocenters. The molecule has 0 aliphatic carbocycles. The van der Waals surface area contributed by atoms with Crippen molar-refractivity contribution in [2.75, 3.05) is 13.1 Å². The highest BCUT2D eigenvalue weighted by Crippen LogP contribution is 2.38. The summed E-state index contributed by atoms with van der Waals surface area (Å²) in [4.78, 5) is 0.382. The first-order valence-corrected chi connectivity index (χ1v) is 14.2. The summed E-state index contributed by atoms with van der Waals surface area (Å²) in [5.41, 5.74) is 5.90. The van der Waals surface area contributed by atoms with Crippen molar-refractivity contribution in [1.82, 2.24) is 8.87 Å². The number of fused-ring (bicyclic) bond motifs is 1. The number of piperidine rings is 1. The Morgan fingerprint density at radius 3 is 2.19 bits per heavy atom. The zero-order valence-electron chi connectivity index (χ0n) is 21.0. The number of benzene rings is 3. The molecular formula is C30H33FN2O2S. The van der Waals surface area contributed by atoms with Crippen molar-refractivity contribution in [2.24, 2.45) is 0 Å². The summed E-state index contributed by atoms with van der Waals surface area (Å²) >= 11 is 0. The van der Waals surface area contributed by atoms with E-state index in [1.165, 1.54) is 34.3 Å². The monoisotopic (exact) mass is 504 g/mol. The van der Waals surface area contributed by atoms with Crippen molar-refractivity contribution < 1.29 is 12.8 Å². The van der Waals surface area contributed by atoms with Crippen LogP contribution in [0.25, 0.3) is 10.9 Å². The van der Waals surface area contributed by atoms with Crippen LogP contribution in [0.4, 0.5) is 4.39 Å². The van der Waals surface area contributed by atoms with Gasteiger partial charge in [-0.3, -0.25) is 0 Å². The third kappa shape index (κ3) is 4.72. The number of hydrogen-bond donors (Lipinski definition) is 0. The van der Waals surface area contributed by atoms with Gasteiger partial charge in [0.15, 0.2) is 0 Å². The van der Waals surface area contributed by atoms with Crippen LogP contribution in [0.5, 0.6) is 0 Å². The van der Waals surface area contributed by atoms with E-state index in [1.807, 2.05) is 30.3 Å². The van der Waals surface area contributed by atoms with Gasteiger partial charge in [-0.05, 0) is 79.1 Å². The van der Waals surface area contributed by atoms with Crippen molar-refractivity contribution in [3.8, 4) is 0 Å². The highest BCUT2D eigenvalue weighted by molar-refractivity contribution is 7.89. The van der Waals surface area contributed by atoms with Gasteiger partial charge >= 0.3 is 0 Å². The quantitative estimate of drug-likeness (QED) is 0.282. The fourth-order valence-corrected chi connectivity index (χ4v) is 7.07. The molecule has 1 aromatic heterocycles. The van der Waals surface area contributed by atoms with E-state index >= 15 is 0 Å². The zero-order valence-corrected chi connectivity index (χ0v) is 21.8. The molecule has 0 radical (unpaired) electrons. The summed E-state index contributed by atoms with van der Waals surface area (Å²) < 4.78 is 44.0. The van der Waals surface area contributed by atoms with Crippen LogP contribution in [0.15, 0.2) is 77.7 Å². The van der Waals surface area contributed by atoms with Crippen LogP contribution in [0.1, 0.15) is 54.5 Å². The molecule has 3 aromatic carbocycles. The molecule has 5 rings (SSSR count). The Labute approximate surface area is 213 Å². The van der Waals surface area contributed by atoms with Gasteiger partial charge in [-0.2, -0.15) is 4.31 Å². The topological polar surface area (TPSA) is 42.3 Å². The van der Waals surface area contributed by atoms with E-state index in [9.17, 15) is 12.8 Å². The molecule has 2 heterocycles. The number of rotatable bonds is 7. The lowest BCUT2D eigenvalue weighted by atomic mass is 9.88. The molecular weight excluding hydrogens is 471 g/mol. The van der Waals surface area contributed by atoms with Gasteiger partial charge in [0.25, 0.3) is 0 Å². The molecule has 36 heavy (non-hydrogen) atoms. The van der Waals surface area contributed by atoms with Crippen LogP contribution in [0, 0.1) is 12.7 Å². The maximum atomic E-state index is 13.4. The van der Waals surface area contributed by atoms with E-state index in [0.29, 0.717) is 30.4 Å². The second kappa shape index (κ2) is 10.2. The molecule has 0 N–H and O–H groups in total. The standard InChI is InChI=1S/C30H33FN2O2S/c1-3-6-23-11-15-27(16-12-23)36(34,35)32-19-17-25(18-20-32)30-22(2)33(29-8-5-4-7-28(29)30)21-24-9-13-26(31)14-10-24/h4-5,7-16,25H,3,6,17-21H2,1-2H3. The van der Waals surface area contributed by atoms with E-state index < -0.39 is 10.0 Å². The third-order valence-corrected chi connectivity index (χ3v) is 9.41. The number of aromatic nitrogens is 1. The molecule has 4 aromatic rings. The smallest absolute Gasteiger partial charge is 0.243 e. The Kier molecular flexibility index (Phi) is 7.00. The molecule has 0 atom stereocenters. The summed E-state index contributed by atoms with van der Waals surface area (Å²) in [5, 5.41) is 1.23. The molecule has 4 nitrogen and oxygen atoms in total. The number of hydrogen-bond acceptors (Lipinski definition) is 2. The van der Waals surface area contributed by atoms with Crippen molar-refractivity contribution in [3.05, 3.63) is 101 Å². The Balaban J connectivity index is 1.38. The second-order valence-electron chi connectivity index (χ2n) is 9.80. The number of nitrogens with zero attached hydrogens (tertiary/aromatic N) is 2. The minimum absolute atomic E-state index is 0.230. The second-order valence-corrected chi connectivity index (χ2v) is 11.7. The molecule has 0 saturated carbocycles. The summed E-state index contributed by atoms with van der Waals surface area (Å²) in [6.45, 7) is 5.98. The highest BCUT2D eigenvalue weighted by atomic mass is 32.2. The molecule has 0 bridgehead atoms. The summed E-state index contributed by atoms with van der Waals surface area (Å²) in [7, 11) is -3.49. The van der Waals surface area contributed by atoms with Gasteiger partial charge in [-0.1, -0.05) is 55.8 Å². The average Bonchev–Trinajstić information content (AvgIpc) is 3.17. The van der Waals surface area contributed by atoms with Gasteiger partial charge in [0.2, 0.25) is 10.0 Å². The van der Waals surface area contributed by atoms with E-state index in [0.717, 1.165) is 36.8 Å². The largest absolute Gasteiger partial charge is 0.340 e. The lowest BCUT2D eigenvalue weighted by Gasteiger charge is -2.31. The van der Waals surface area contributed by atoms with E-state index in [4.69, 9.17) is 0 Å². The first-order valence-electron chi connectivity index (χ1n) is 12.8. The zero-order chi connectivity index (χ0) is 25.3. The van der Waals surface area contributed by atoms with Crippen LogP contribution in [0.3, 0.4) is 0 Å². The van der Waals surface area contributed by atoms with Crippen LogP contribution >= 0.6 is 0 Å². The maximum Gasteiger partial charge on any atom is 0.243 e. The van der Waals surface area contributed by atoms with Gasteiger partial charge in [-0.25, -0.2) is 12.8 Å². The molecule has 1 aliphatic rings. The van der Waals surface area contributed by atoms with Crippen molar-refractivity contribution in [3.63, 3.8) is 0 Å². The number of aryl methyl sites for hydroxylation is 1. The lowest BCUT2D eigenvalue weighted by Crippen LogP contribution is -2.38. The van der Waals surface area contributed by atoms with Crippen molar-refractivity contribution >= 4 is 20.9 Å². The summed E-state index contributed by atoms with van der Waals surface area (Å²) in [6, 6.07) is 22.5. The van der Waals surface area contributed by atoms with Crippen LogP contribution in [-0.2, 0) is 23.0 Å². The Bertz CT molecular complexity index is 1450. The minimum Gasteiger partial charge on any atom is -0.340 e. The number of sulfonamides is 1. The molecule has 1 aliphatic heterocycles. The third-order valence-electron chi connectivity index (χ3n) is 7.50. The SMILES string of the molecule is CCCc1ccc(S(=O)(=O)N2CCC(c3c(C)n(Cc4ccc(F)cc4)c4ccccc34)CC2)cc1. The first kappa shape index (κ1) is 24.7. The number of halogens is 1. The van der Waals surface area contributed by atoms with E-state index in [1.54, 1.807) is 16.4 Å². The van der Waals surface area contributed by atoms with Crippen LogP contribution in [0.2, 0.25) is 0 Å². The maximum absolute atomic E-state index is 13.4. The molecule has 6 heteroatoms. The van der Waals surface area contributed by atoms with Crippen molar-refractivity contribution in [1.29, 1.82) is 0 Å². The fourth-order valence-electron chi connectivity index (χ4n) is 5.60. The molecule has 1 fully saturated rings. The van der Waals surface area contributed by atoms with Crippen LogP contribution in [-0.4, -0.2) is 30.4 Å². The van der Waals surface area contributed by atoms with Gasteiger partial charge in [0.05, 0.1) is 4.90 Å². The first-order chi connectivity index (χ1) is 17.4. The number of para-hydroxylation sites is 1.